The molecule has 0 fully saturated rings. The molecule has 1 atom stereocenters. The number of hydrogen-bond acceptors (Lipinski definition) is 5. The van der Waals surface area contributed by atoms with Crippen LogP contribution in [-0.4, -0.2) is 23.0 Å². The maximum Gasteiger partial charge on any atom is 0.337 e. The standard InChI is InChI=1S/C24H20FN3O2/c1-15(20-5-3-4-12-26-20)27-22-14-18-13-17(24(29)30-2)8-11-21(18)28-23(22)16-6-9-19(25)10-7-16/h3-15,27H,1-2H3. The summed E-state index contributed by atoms with van der Waals surface area (Å²) in [5.41, 5.74) is 4.28. The molecule has 0 saturated heterocycles. The predicted octanol–water partition coefficient (Wildman–Crippen LogP) is 5.40. The third kappa shape index (κ3) is 3.98. The number of methoxy groups -OCH3 is 1. The van der Waals surface area contributed by atoms with E-state index in [0.29, 0.717) is 11.3 Å². The van der Waals surface area contributed by atoms with Gasteiger partial charge in [0.25, 0.3) is 0 Å². The molecule has 2 heterocycles. The van der Waals surface area contributed by atoms with Crippen LogP contribution in [0.25, 0.3) is 22.2 Å². The number of rotatable bonds is 5. The number of nitrogens with one attached hydrogen (secondary N) is 1. The molecular formula is C24H20FN3O2. The molecule has 2 aromatic heterocycles. The molecular weight excluding hydrogens is 381 g/mol. The quantitative estimate of drug-likeness (QED) is 0.454. The molecule has 4 rings (SSSR count). The molecule has 150 valence electrons. The summed E-state index contributed by atoms with van der Waals surface area (Å²) in [5.74, 6) is -0.713. The van der Waals surface area contributed by atoms with Gasteiger partial charge in [0, 0.05) is 17.1 Å². The van der Waals surface area contributed by atoms with Gasteiger partial charge >= 0.3 is 5.97 Å². The number of nitrogens with zero attached hydrogens (tertiary/aromatic N) is 2. The van der Waals surface area contributed by atoms with E-state index in [0.717, 1.165) is 27.8 Å². The molecule has 0 bridgehead atoms. The van der Waals surface area contributed by atoms with Crippen LogP contribution in [0.4, 0.5) is 10.1 Å². The van der Waals surface area contributed by atoms with E-state index in [9.17, 15) is 9.18 Å². The van der Waals surface area contributed by atoms with Crippen LogP contribution in [0, 0.1) is 5.82 Å². The van der Waals surface area contributed by atoms with Crippen LogP contribution in [-0.2, 0) is 4.74 Å². The SMILES string of the molecule is COC(=O)c1ccc2nc(-c3ccc(F)cc3)c(NC(C)c3ccccn3)cc2c1. The molecule has 0 aliphatic heterocycles. The van der Waals surface area contributed by atoms with Gasteiger partial charge in [-0.3, -0.25) is 4.98 Å². The number of anilines is 1. The van der Waals surface area contributed by atoms with Gasteiger partial charge in [0.15, 0.2) is 0 Å². The fraction of sp³-hybridized carbons (Fsp3) is 0.125. The molecule has 1 N–H and O–H groups in total. The fourth-order valence-electron chi connectivity index (χ4n) is 3.30. The van der Waals surface area contributed by atoms with Gasteiger partial charge in [-0.1, -0.05) is 6.07 Å². The molecule has 5 nitrogen and oxygen atoms in total. The average molecular weight is 401 g/mol. The zero-order valence-electron chi connectivity index (χ0n) is 16.6. The summed E-state index contributed by atoms with van der Waals surface area (Å²) in [6.45, 7) is 2.01. The van der Waals surface area contributed by atoms with Gasteiger partial charge < -0.3 is 10.1 Å². The van der Waals surface area contributed by atoms with Crippen molar-refractivity contribution in [2.75, 3.05) is 12.4 Å². The highest BCUT2D eigenvalue weighted by molar-refractivity contribution is 5.96. The van der Waals surface area contributed by atoms with Crippen molar-refractivity contribution in [1.82, 2.24) is 9.97 Å². The molecule has 4 aromatic rings. The lowest BCUT2D eigenvalue weighted by atomic mass is 10.0. The summed E-state index contributed by atoms with van der Waals surface area (Å²) in [5, 5.41) is 4.25. The summed E-state index contributed by atoms with van der Waals surface area (Å²) in [6, 6.07) is 19.0. The summed E-state index contributed by atoms with van der Waals surface area (Å²) >= 11 is 0. The Balaban J connectivity index is 1.83. The molecule has 30 heavy (non-hydrogen) atoms. The first-order chi connectivity index (χ1) is 14.5. The Morgan fingerprint density at radius 1 is 1.07 bits per heavy atom. The number of halogens is 1. The number of ether oxygens (including phenoxy) is 1. The third-order valence-electron chi connectivity index (χ3n) is 4.86. The van der Waals surface area contributed by atoms with E-state index < -0.39 is 5.97 Å². The van der Waals surface area contributed by atoms with E-state index in [4.69, 9.17) is 9.72 Å². The fourth-order valence-corrected chi connectivity index (χ4v) is 3.30. The van der Waals surface area contributed by atoms with E-state index in [-0.39, 0.29) is 11.9 Å². The van der Waals surface area contributed by atoms with Gasteiger partial charge in [0.1, 0.15) is 5.82 Å². The van der Waals surface area contributed by atoms with Crippen molar-refractivity contribution in [3.8, 4) is 11.3 Å². The molecule has 0 radical (unpaired) electrons. The lowest BCUT2D eigenvalue weighted by molar-refractivity contribution is 0.0601. The van der Waals surface area contributed by atoms with Crippen molar-refractivity contribution in [2.45, 2.75) is 13.0 Å². The zero-order valence-corrected chi connectivity index (χ0v) is 16.6. The second kappa shape index (κ2) is 8.29. The highest BCUT2D eigenvalue weighted by atomic mass is 19.1. The first-order valence-corrected chi connectivity index (χ1v) is 9.51. The largest absolute Gasteiger partial charge is 0.465 e. The van der Waals surface area contributed by atoms with Crippen molar-refractivity contribution < 1.29 is 13.9 Å². The highest BCUT2D eigenvalue weighted by Crippen LogP contribution is 2.32. The lowest BCUT2D eigenvalue weighted by Gasteiger charge is -2.18. The van der Waals surface area contributed by atoms with Crippen molar-refractivity contribution in [3.05, 3.63) is 90.0 Å². The summed E-state index contributed by atoms with van der Waals surface area (Å²) in [4.78, 5) is 21.1. The Hall–Kier alpha value is -3.80. The Kier molecular flexibility index (Phi) is 5.39. The number of carbonyl (C=O) groups is 1. The predicted molar refractivity (Wildman–Crippen MR) is 115 cm³/mol. The van der Waals surface area contributed by atoms with E-state index in [1.165, 1.54) is 19.2 Å². The number of esters is 1. The Bertz CT molecular complexity index is 1190. The third-order valence-corrected chi connectivity index (χ3v) is 4.86. The van der Waals surface area contributed by atoms with Gasteiger partial charge in [0.2, 0.25) is 0 Å². The van der Waals surface area contributed by atoms with Crippen LogP contribution in [0.3, 0.4) is 0 Å². The molecule has 0 amide bonds. The minimum atomic E-state index is -0.407. The Morgan fingerprint density at radius 2 is 1.87 bits per heavy atom. The van der Waals surface area contributed by atoms with E-state index in [1.54, 1.807) is 36.5 Å². The van der Waals surface area contributed by atoms with Gasteiger partial charge in [0.05, 0.1) is 41.3 Å². The molecule has 0 aliphatic rings. The molecule has 0 aliphatic carbocycles. The minimum absolute atomic E-state index is 0.0894. The number of aromatic nitrogens is 2. The van der Waals surface area contributed by atoms with Crippen LogP contribution in [0.1, 0.15) is 29.0 Å². The van der Waals surface area contributed by atoms with Gasteiger partial charge in [-0.15, -0.1) is 0 Å². The van der Waals surface area contributed by atoms with Gasteiger partial charge in [-0.2, -0.15) is 0 Å². The van der Waals surface area contributed by atoms with Crippen molar-refractivity contribution in [1.29, 1.82) is 0 Å². The Morgan fingerprint density at radius 3 is 2.57 bits per heavy atom. The number of benzene rings is 2. The second-order valence-corrected chi connectivity index (χ2v) is 6.91. The van der Waals surface area contributed by atoms with Crippen LogP contribution in [0.5, 0.6) is 0 Å². The van der Waals surface area contributed by atoms with Crippen LogP contribution in [0.2, 0.25) is 0 Å². The average Bonchev–Trinajstić information content (AvgIpc) is 2.79. The maximum absolute atomic E-state index is 13.5. The van der Waals surface area contributed by atoms with E-state index >= 15 is 0 Å². The molecule has 0 saturated carbocycles. The van der Waals surface area contributed by atoms with Crippen molar-refractivity contribution in [3.63, 3.8) is 0 Å². The normalized spacial score (nSPS) is 11.8. The summed E-state index contributed by atoms with van der Waals surface area (Å²) in [6.07, 6.45) is 1.75. The molecule has 0 spiro atoms. The second-order valence-electron chi connectivity index (χ2n) is 6.91. The number of fused-ring (bicyclic) bond motifs is 1. The van der Waals surface area contributed by atoms with E-state index in [2.05, 4.69) is 10.3 Å². The first-order valence-electron chi connectivity index (χ1n) is 9.51. The summed E-state index contributed by atoms with van der Waals surface area (Å²) < 4.78 is 18.3. The minimum Gasteiger partial charge on any atom is -0.465 e. The zero-order chi connectivity index (χ0) is 21.1. The van der Waals surface area contributed by atoms with E-state index in [1.807, 2.05) is 31.2 Å². The van der Waals surface area contributed by atoms with Crippen LogP contribution >= 0.6 is 0 Å². The van der Waals surface area contributed by atoms with Crippen LogP contribution in [0.15, 0.2) is 72.9 Å². The van der Waals surface area contributed by atoms with Crippen molar-refractivity contribution in [2.24, 2.45) is 0 Å². The molecule has 6 heteroatoms. The Labute approximate surface area is 173 Å². The maximum atomic E-state index is 13.5. The smallest absolute Gasteiger partial charge is 0.337 e. The highest BCUT2D eigenvalue weighted by Gasteiger charge is 2.15. The van der Waals surface area contributed by atoms with Crippen molar-refractivity contribution >= 4 is 22.6 Å². The van der Waals surface area contributed by atoms with Crippen LogP contribution < -0.4 is 5.32 Å². The van der Waals surface area contributed by atoms with Gasteiger partial charge in [-0.25, -0.2) is 14.2 Å². The number of hydrogen-bond donors (Lipinski definition) is 1. The molecule has 1 unspecified atom stereocenters. The molecule has 2 aromatic carbocycles. The van der Waals surface area contributed by atoms with Gasteiger partial charge in [-0.05, 0) is 67.6 Å². The topological polar surface area (TPSA) is 64.1 Å². The number of carbonyl (C=O) groups excluding carboxylic acids is 1. The monoisotopic (exact) mass is 401 g/mol. The first kappa shape index (κ1) is 19.5. The lowest BCUT2D eigenvalue weighted by Crippen LogP contribution is -2.10. The summed E-state index contributed by atoms with van der Waals surface area (Å²) in [7, 11) is 1.35. The number of pyridine rings is 2.